The Labute approximate surface area is 113 Å². The van der Waals surface area contributed by atoms with Gasteiger partial charge < -0.3 is 13.9 Å². The topological polar surface area (TPSA) is 27.7 Å². The van der Waals surface area contributed by atoms with Crippen molar-refractivity contribution < 1.29 is 13.9 Å². The van der Waals surface area contributed by atoms with Crippen LogP contribution in [0.2, 0.25) is 19.6 Å². The van der Waals surface area contributed by atoms with Gasteiger partial charge in [0, 0.05) is 5.41 Å². The van der Waals surface area contributed by atoms with Crippen LogP contribution in [0.25, 0.3) is 0 Å². The zero-order valence-electron chi connectivity index (χ0n) is 13.1. The van der Waals surface area contributed by atoms with Crippen molar-refractivity contribution >= 4 is 8.32 Å². The van der Waals surface area contributed by atoms with Crippen LogP contribution in [0, 0.1) is 5.41 Å². The molecule has 0 aliphatic carbocycles. The second kappa shape index (κ2) is 4.98. The molecule has 0 saturated carbocycles. The van der Waals surface area contributed by atoms with Gasteiger partial charge in [-0.05, 0) is 39.6 Å². The molecule has 3 nitrogen and oxygen atoms in total. The highest BCUT2D eigenvalue weighted by Gasteiger charge is 2.34. The summed E-state index contributed by atoms with van der Waals surface area (Å²) in [6.07, 6.45) is 2.08. The van der Waals surface area contributed by atoms with Gasteiger partial charge in [0.15, 0.2) is 5.79 Å². The van der Waals surface area contributed by atoms with Gasteiger partial charge >= 0.3 is 0 Å². The van der Waals surface area contributed by atoms with E-state index >= 15 is 0 Å². The first kappa shape index (κ1) is 15.7. The minimum atomic E-state index is -1.60. The lowest BCUT2D eigenvalue weighted by atomic mass is 9.93. The predicted molar refractivity (Wildman–Crippen MR) is 76.9 cm³/mol. The van der Waals surface area contributed by atoms with Gasteiger partial charge in [-0.2, -0.15) is 0 Å². The van der Waals surface area contributed by atoms with Gasteiger partial charge in [-0.3, -0.25) is 0 Å². The van der Waals surface area contributed by atoms with Crippen LogP contribution in [0.5, 0.6) is 0 Å². The van der Waals surface area contributed by atoms with E-state index in [0.29, 0.717) is 6.61 Å². The van der Waals surface area contributed by atoms with Crippen LogP contribution in [0.3, 0.4) is 0 Å². The Morgan fingerprint density at radius 3 is 2.17 bits per heavy atom. The van der Waals surface area contributed by atoms with Crippen molar-refractivity contribution in [3.05, 3.63) is 11.8 Å². The van der Waals surface area contributed by atoms with Crippen molar-refractivity contribution in [3.63, 3.8) is 0 Å². The van der Waals surface area contributed by atoms with E-state index in [-0.39, 0.29) is 11.5 Å². The zero-order chi connectivity index (χ0) is 14.2. The van der Waals surface area contributed by atoms with Crippen LogP contribution >= 0.6 is 0 Å². The third kappa shape index (κ3) is 5.12. The normalized spacial score (nSPS) is 25.3. The molecule has 0 unspecified atom stereocenters. The second-order valence-corrected chi connectivity index (χ2v) is 11.8. The summed E-state index contributed by atoms with van der Waals surface area (Å²) in [6, 6.07) is 0. The number of hydrogen-bond acceptors (Lipinski definition) is 3. The van der Waals surface area contributed by atoms with Crippen LogP contribution in [0.1, 0.15) is 34.6 Å². The zero-order valence-corrected chi connectivity index (χ0v) is 14.1. The maximum Gasteiger partial charge on any atom is 0.241 e. The van der Waals surface area contributed by atoms with Crippen molar-refractivity contribution in [3.8, 4) is 0 Å². The average molecular weight is 272 g/mol. The van der Waals surface area contributed by atoms with E-state index in [1.165, 1.54) is 0 Å². The molecule has 0 aromatic rings. The molecule has 0 spiro atoms. The van der Waals surface area contributed by atoms with Gasteiger partial charge in [0.2, 0.25) is 8.32 Å². The molecular weight excluding hydrogens is 244 g/mol. The Bertz CT molecular complexity index is 321. The molecule has 0 bridgehead atoms. The van der Waals surface area contributed by atoms with E-state index in [9.17, 15) is 0 Å². The number of rotatable bonds is 3. The molecule has 106 valence electrons. The quantitative estimate of drug-likeness (QED) is 0.576. The molecular formula is C14H28O3Si. The minimum Gasteiger partial charge on any atom is -0.547 e. The maximum atomic E-state index is 6.20. The smallest absolute Gasteiger partial charge is 0.241 e. The standard InChI is InChI=1S/C14H28O3Si/c1-13(2,3)12(17-18(6,7)8)9-11-10-15-14(4,5)16-11/h9,11H,10H2,1-8H3/b12-9-/t11-/m0/s1. The highest BCUT2D eigenvalue weighted by molar-refractivity contribution is 6.70. The molecule has 1 aliphatic heterocycles. The fraction of sp³-hybridized carbons (Fsp3) is 0.857. The molecule has 4 heteroatoms. The van der Waals surface area contributed by atoms with Crippen molar-refractivity contribution in [2.24, 2.45) is 5.41 Å². The largest absolute Gasteiger partial charge is 0.547 e. The first-order chi connectivity index (χ1) is 7.89. The number of allylic oxidation sites excluding steroid dienone is 1. The summed E-state index contributed by atoms with van der Waals surface area (Å²) in [6.45, 7) is 17.6. The third-order valence-corrected chi connectivity index (χ3v) is 3.36. The summed E-state index contributed by atoms with van der Waals surface area (Å²) in [5.41, 5.74) is -0.00360. The van der Waals surface area contributed by atoms with Gasteiger partial charge in [0.1, 0.15) is 6.10 Å². The summed E-state index contributed by atoms with van der Waals surface area (Å²) in [5.74, 6) is 0.538. The molecule has 0 amide bonds. The van der Waals surface area contributed by atoms with Crippen molar-refractivity contribution in [2.45, 2.75) is 66.2 Å². The van der Waals surface area contributed by atoms with Crippen LogP contribution in [-0.4, -0.2) is 26.8 Å². The van der Waals surface area contributed by atoms with Gasteiger partial charge in [-0.15, -0.1) is 0 Å². The molecule has 1 aliphatic rings. The predicted octanol–water partition coefficient (Wildman–Crippen LogP) is 3.92. The van der Waals surface area contributed by atoms with Gasteiger partial charge in [0.25, 0.3) is 0 Å². The van der Waals surface area contributed by atoms with Crippen LogP contribution in [0.4, 0.5) is 0 Å². The molecule has 0 radical (unpaired) electrons. The summed E-state index contributed by atoms with van der Waals surface area (Å²) in [4.78, 5) is 0. The summed E-state index contributed by atoms with van der Waals surface area (Å²) >= 11 is 0. The summed E-state index contributed by atoms with van der Waals surface area (Å²) in [7, 11) is -1.60. The van der Waals surface area contributed by atoms with Crippen LogP contribution in [-0.2, 0) is 13.9 Å². The van der Waals surface area contributed by atoms with E-state index in [1.807, 2.05) is 13.8 Å². The lowest BCUT2D eigenvalue weighted by Crippen LogP contribution is -2.30. The molecule has 1 heterocycles. The molecule has 1 saturated heterocycles. The van der Waals surface area contributed by atoms with E-state index < -0.39 is 14.1 Å². The Balaban J connectivity index is 2.84. The summed E-state index contributed by atoms with van der Waals surface area (Å²) in [5, 5.41) is 0. The maximum absolute atomic E-state index is 6.20. The van der Waals surface area contributed by atoms with E-state index in [2.05, 4.69) is 46.5 Å². The third-order valence-electron chi connectivity index (χ3n) is 2.52. The second-order valence-electron chi connectivity index (χ2n) is 7.36. The molecule has 1 atom stereocenters. The molecule has 0 aromatic carbocycles. The van der Waals surface area contributed by atoms with E-state index in [1.54, 1.807) is 0 Å². The first-order valence-electron chi connectivity index (χ1n) is 6.62. The molecule has 18 heavy (non-hydrogen) atoms. The lowest BCUT2D eigenvalue weighted by Gasteiger charge is -2.31. The SMILES string of the molecule is CC1(C)OC[C@H](/C=C(\O[Si](C)(C)C)C(C)(C)C)O1. The van der Waals surface area contributed by atoms with Crippen molar-refractivity contribution in [2.75, 3.05) is 6.61 Å². The lowest BCUT2D eigenvalue weighted by molar-refractivity contribution is -0.133. The highest BCUT2D eigenvalue weighted by atomic mass is 28.4. The molecule has 0 aromatic heterocycles. The monoisotopic (exact) mass is 272 g/mol. The van der Waals surface area contributed by atoms with E-state index in [4.69, 9.17) is 13.9 Å². The Kier molecular flexibility index (Phi) is 4.36. The van der Waals surface area contributed by atoms with Gasteiger partial charge in [0.05, 0.1) is 12.4 Å². The molecule has 1 rings (SSSR count). The Hall–Kier alpha value is -0.323. The number of hydrogen-bond donors (Lipinski definition) is 0. The van der Waals surface area contributed by atoms with Crippen LogP contribution < -0.4 is 0 Å². The molecule has 0 N–H and O–H groups in total. The fourth-order valence-corrected chi connectivity index (χ4v) is 2.77. The first-order valence-corrected chi connectivity index (χ1v) is 10.0. The minimum absolute atomic E-state index is 0.00360. The van der Waals surface area contributed by atoms with Gasteiger partial charge in [-0.1, -0.05) is 20.8 Å². The van der Waals surface area contributed by atoms with Crippen LogP contribution in [0.15, 0.2) is 11.8 Å². The average Bonchev–Trinajstić information content (AvgIpc) is 2.40. The molecule has 1 fully saturated rings. The summed E-state index contributed by atoms with van der Waals surface area (Å²) < 4.78 is 17.6. The fourth-order valence-electron chi connectivity index (χ4n) is 1.73. The van der Waals surface area contributed by atoms with E-state index in [0.717, 1.165) is 5.76 Å². The number of ether oxygens (including phenoxy) is 2. The highest BCUT2D eigenvalue weighted by Crippen LogP contribution is 2.32. The Morgan fingerprint density at radius 2 is 1.83 bits per heavy atom. The van der Waals surface area contributed by atoms with Crippen molar-refractivity contribution in [1.82, 2.24) is 0 Å². The van der Waals surface area contributed by atoms with Crippen molar-refractivity contribution in [1.29, 1.82) is 0 Å². The Morgan fingerprint density at radius 1 is 1.28 bits per heavy atom. The van der Waals surface area contributed by atoms with Gasteiger partial charge in [-0.25, -0.2) is 0 Å².